The van der Waals surface area contributed by atoms with Gasteiger partial charge in [-0.15, -0.1) is 0 Å². The molecule has 2 amide bonds. The Kier molecular flexibility index (Phi) is 8.04. The predicted molar refractivity (Wildman–Crippen MR) is 115 cm³/mol. The molecule has 3 rings (SSSR count). The third-order valence-electron chi connectivity index (χ3n) is 5.15. The fraction of sp³-hybridized carbons (Fsp3) is 0.435. The SMILES string of the molecule is CN(C)C(CNC(=O)Nc1ccccc1OCC1CCCCO1)c1cccc(F)c1. The van der Waals surface area contributed by atoms with Gasteiger partial charge in [0.05, 0.1) is 17.8 Å². The fourth-order valence-corrected chi connectivity index (χ4v) is 3.49. The second kappa shape index (κ2) is 10.9. The molecule has 162 valence electrons. The van der Waals surface area contributed by atoms with E-state index in [1.54, 1.807) is 12.1 Å². The highest BCUT2D eigenvalue weighted by Gasteiger charge is 2.18. The third kappa shape index (κ3) is 6.43. The zero-order valence-corrected chi connectivity index (χ0v) is 17.6. The van der Waals surface area contributed by atoms with Crippen molar-refractivity contribution in [3.05, 3.63) is 59.9 Å². The van der Waals surface area contributed by atoms with Crippen molar-refractivity contribution in [3.8, 4) is 5.75 Å². The summed E-state index contributed by atoms with van der Waals surface area (Å²) < 4.78 is 25.2. The Bertz CT molecular complexity index is 825. The van der Waals surface area contributed by atoms with Crippen LogP contribution >= 0.6 is 0 Å². The number of hydrogen-bond donors (Lipinski definition) is 2. The van der Waals surface area contributed by atoms with Crippen LogP contribution in [-0.4, -0.2) is 50.9 Å². The standard InChI is InChI=1S/C23H30FN3O3/c1-27(2)21(17-8-7-9-18(24)14-17)15-25-23(28)26-20-11-3-4-12-22(20)30-16-19-10-5-6-13-29-19/h3-4,7-9,11-12,14,19,21H,5-6,10,13,15-16H2,1-2H3,(H2,25,26,28). The van der Waals surface area contributed by atoms with Crippen molar-refractivity contribution in [2.45, 2.75) is 31.4 Å². The average molecular weight is 416 g/mol. The van der Waals surface area contributed by atoms with E-state index in [2.05, 4.69) is 10.6 Å². The van der Waals surface area contributed by atoms with Gasteiger partial charge in [-0.25, -0.2) is 9.18 Å². The van der Waals surface area contributed by atoms with Crippen LogP contribution in [0.1, 0.15) is 30.9 Å². The molecule has 1 aliphatic heterocycles. The summed E-state index contributed by atoms with van der Waals surface area (Å²) >= 11 is 0. The normalized spacial score (nSPS) is 17.4. The van der Waals surface area contributed by atoms with Crippen LogP contribution in [0.15, 0.2) is 48.5 Å². The molecule has 30 heavy (non-hydrogen) atoms. The first kappa shape index (κ1) is 22.1. The molecule has 7 heteroatoms. The van der Waals surface area contributed by atoms with Gasteiger partial charge in [-0.2, -0.15) is 0 Å². The number of amides is 2. The number of urea groups is 1. The number of hydrogen-bond acceptors (Lipinski definition) is 4. The van der Waals surface area contributed by atoms with Gasteiger partial charge in [0, 0.05) is 13.2 Å². The number of rotatable bonds is 8. The topological polar surface area (TPSA) is 62.8 Å². The molecule has 0 saturated carbocycles. The fourth-order valence-electron chi connectivity index (χ4n) is 3.49. The Labute approximate surface area is 177 Å². The van der Waals surface area contributed by atoms with Crippen molar-refractivity contribution in [1.29, 1.82) is 0 Å². The number of nitrogens with zero attached hydrogens (tertiary/aromatic N) is 1. The number of benzene rings is 2. The van der Waals surface area contributed by atoms with Crippen molar-refractivity contribution in [3.63, 3.8) is 0 Å². The highest BCUT2D eigenvalue weighted by Crippen LogP contribution is 2.25. The lowest BCUT2D eigenvalue weighted by Crippen LogP contribution is -2.37. The van der Waals surface area contributed by atoms with Crippen LogP contribution in [0.2, 0.25) is 0 Å². The number of carbonyl (C=O) groups is 1. The Hall–Kier alpha value is -2.64. The van der Waals surface area contributed by atoms with Crippen LogP contribution in [0, 0.1) is 5.82 Å². The molecule has 0 spiro atoms. The third-order valence-corrected chi connectivity index (χ3v) is 5.15. The molecule has 0 aromatic heterocycles. The lowest BCUT2D eigenvalue weighted by Gasteiger charge is -2.25. The molecule has 6 nitrogen and oxygen atoms in total. The molecule has 2 N–H and O–H groups in total. The van der Waals surface area contributed by atoms with Crippen molar-refractivity contribution < 1.29 is 18.7 Å². The van der Waals surface area contributed by atoms with Crippen LogP contribution in [0.3, 0.4) is 0 Å². The van der Waals surface area contributed by atoms with E-state index in [1.165, 1.54) is 12.1 Å². The van der Waals surface area contributed by atoms with Crippen LogP contribution in [0.25, 0.3) is 0 Å². The maximum absolute atomic E-state index is 13.6. The number of nitrogens with one attached hydrogen (secondary N) is 2. The molecule has 1 saturated heterocycles. The molecule has 2 aromatic carbocycles. The molecule has 1 fully saturated rings. The minimum absolute atomic E-state index is 0.0905. The first-order valence-electron chi connectivity index (χ1n) is 10.3. The summed E-state index contributed by atoms with van der Waals surface area (Å²) in [5.41, 5.74) is 1.40. The number of anilines is 1. The summed E-state index contributed by atoms with van der Waals surface area (Å²) in [5.74, 6) is 0.313. The number of likely N-dealkylation sites (N-methyl/N-ethyl adjacent to an activating group) is 1. The van der Waals surface area contributed by atoms with Gasteiger partial charge in [-0.05, 0) is 63.2 Å². The van der Waals surface area contributed by atoms with Gasteiger partial charge in [0.1, 0.15) is 18.2 Å². The van der Waals surface area contributed by atoms with E-state index < -0.39 is 0 Å². The van der Waals surface area contributed by atoms with E-state index in [0.717, 1.165) is 31.4 Å². The Morgan fingerprint density at radius 1 is 1.23 bits per heavy atom. The second-order valence-electron chi connectivity index (χ2n) is 7.67. The number of carbonyl (C=O) groups excluding carboxylic acids is 1. The Morgan fingerprint density at radius 3 is 2.80 bits per heavy atom. The smallest absolute Gasteiger partial charge is 0.319 e. The number of para-hydroxylation sites is 2. The van der Waals surface area contributed by atoms with Crippen molar-refractivity contribution in [1.82, 2.24) is 10.2 Å². The van der Waals surface area contributed by atoms with E-state index in [-0.39, 0.29) is 24.0 Å². The van der Waals surface area contributed by atoms with E-state index in [0.29, 0.717) is 24.6 Å². The zero-order chi connectivity index (χ0) is 21.3. The maximum Gasteiger partial charge on any atom is 0.319 e. The number of halogens is 1. The molecule has 2 unspecified atom stereocenters. The maximum atomic E-state index is 13.6. The van der Waals surface area contributed by atoms with Gasteiger partial charge in [-0.3, -0.25) is 0 Å². The summed E-state index contributed by atoms with van der Waals surface area (Å²) in [6.45, 7) is 1.57. The van der Waals surface area contributed by atoms with E-state index in [9.17, 15) is 9.18 Å². The second-order valence-corrected chi connectivity index (χ2v) is 7.67. The Morgan fingerprint density at radius 2 is 2.07 bits per heavy atom. The highest BCUT2D eigenvalue weighted by molar-refractivity contribution is 5.90. The Balaban J connectivity index is 1.56. The van der Waals surface area contributed by atoms with E-state index in [1.807, 2.05) is 43.3 Å². The molecule has 2 aromatic rings. The van der Waals surface area contributed by atoms with Gasteiger partial charge in [0.2, 0.25) is 0 Å². The molecular formula is C23H30FN3O3. The van der Waals surface area contributed by atoms with Crippen molar-refractivity contribution in [2.24, 2.45) is 0 Å². The summed E-state index contributed by atoms with van der Waals surface area (Å²) in [5, 5.41) is 5.72. The van der Waals surface area contributed by atoms with E-state index in [4.69, 9.17) is 9.47 Å². The van der Waals surface area contributed by atoms with Crippen LogP contribution in [0.4, 0.5) is 14.9 Å². The summed E-state index contributed by atoms with van der Waals surface area (Å²) in [6.07, 6.45) is 3.32. The van der Waals surface area contributed by atoms with E-state index >= 15 is 0 Å². The largest absolute Gasteiger partial charge is 0.489 e. The van der Waals surface area contributed by atoms with Crippen molar-refractivity contribution in [2.75, 3.05) is 39.2 Å². The quantitative estimate of drug-likeness (QED) is 0.678. The lowest BCUT2D eigenvalue weighted by atomic mass is 10.1. The summed E-state index contributed by atoms with van der Waals surface area (Å²) in [7, 11) is 3.79. The highest BCUT2D eigenvalue weighted by atomic mass is 19.1. The molecule has 0 radical (unpaired) electrons. The van der Waals surface area contributed by atoms with Gasteiger partial charge >= 0.3 is 6.03 Å². The zero-order valence-electron chi connectivity index (χ0n) is 17.6. The first-order valence-corrected chi connectivity index (χ1v) is 10.3. The van der Waals surface area contributed by atoms with Crippen LogP contribution < -0.4 is 15.4 Å². The van der Waals surface area contributed by atoms with Crippen LogP contribution in [0.5, 0.6) is 5.75 Å². The average Bonchev–Trinajstić information content (AvgIpc) is 2.74. The van der Waals surface area contributed by atoms with Gasteiger partial charge in [0.25, 0.3) is 0 Å². The molecule has 0 aliphatic carbocycles. The summed E-state index contributed by atoms with van der Waals surface area (Å²) in [6, 6.07) is 13.3. The van der Waals surface area contributed by atoms with Crippen LogP contribution in [-0.2, 0) is 4.74 Å². The number of ether oxygens (including phenoxy) is 2. The minimum atomic E-state index is -0.344. The monoisotopic (exact) mass is 415 g/mol. The van der Waals surface area contributed by atoms with Gasteiger partial charge in [0.15, 0.2) is 0 Å². The summed E-state index contributed by atoms with van der Waals surface area (Å²) in [4.78, 5) is 14.4. The first-order chi connectivity index (χ1) is 14.5. The minimum Gasteiger partial charge on any atom is -0.489 e. The molecule has 2 atom stereocenters. The predicted octanol–water partition coefficient (Wildman–Crippen LogP) is 4.20. The molecular weight excluding hydrogens is 385 g/mol. The molecule has 0 bridgehead atoms. The molecule has 1 heterocycles. The molecule has 1 aliphatic rings. The van der Waals surface area contributed by atoms with Gasteiger partial charge < -0.3 is 25.0 Å². The van der Waals surface area contributed by atoms with Gasteiger partial charge in [-0.1, -0.05) is 24.3 Å². The lowest BCUT2D eigenvalue weighted by molar-refractivity contribution is -0.0109. The van der Waals surface area contributed by atoms with Crippen molar-refractivity contribution >= 4 is 11.7 Å².